The van der Waals surface area contributed by atoms with Crippen LogP contribution in [0.2, 0.25) is 0 Å². The van der Waals surface area contributed by atoms with Crippen molar-refractivity contribution in [3.05, 3.63) is 0 Å². The van der Waals surface area contributed by atoms with E-state index in [4.69, 9.17) is 15.2 Å². The molecule has 0 spiro atoms. The monoisotopic (exact) mass is 213 g/mol. The topological polar surface area (TPSA) is 44.5 Å². The van der Waals surface area contributed by atoms with Crippen molar-refractivity contribution in [2.24, 2.45) is 11.7 Å². The third kappa shape index (κ3) is 3.74. The van der Waals surface area contributed by atoms with E-state index in [0.29, 0.717) is 12.1 Å². The molecule has 3 nitrogen and oxygen atoms in total. The van der Waals surface area contributed by atoms with Crippen molar-refractivity contribution in [2.75, 3.05) is 19.8 Å². The van der Waals surface area contributed by atoms with E-state index in [2.05, 4.69) is 0 Å². The fraction of sp³-hybridized carbons (Fsp3) is 1.00. The summed E-state index contributed by atoms with van der Waals surface area (Å²) >= 11 is 0. The molecule has 0 bridgehead atoms. The smallest absolute Gasteiger partial charge is 0.0590 e. The molecule has 0 aromatic heterocycles. The SMILES string of the molecule is NC(CC1CCOCC1)CC1CCCO1. The van der Waals surface area contributed by atoms with Gasteiger partial charge in [-0.1, -0.05) is 0 Å². The zero-order chi connectivity index (χ0) is 10.5. The molecule has 2 fully saturated rings. The van der Waals surface area contributed by atoms with Crippen LogP contribution in [0.1, 0.15) is 38.5 Å². The van der Waals surface area contributed by atoms with Gasteiger partial charge < -0.3 is 15.2 Å². The summed E-state index contributed by atoms with van der Waals surface area (Å²) in [7, 11) is 0. The molecule has 2 unspecified atom stereocenters. The van der Waals surface area contributed by atoms with E-state index in [0.717, 1.165) is 38.6 Å². The van der Waals surface area contributed by atoms with Crippen LogP contribution in [-0.4, -0.2) is 32.0 Å². The molecule has 2 aliphatic rings. The molecule has 0 aliphatic carbocycles. The predicted molar refractivity (Wildman–Crippen MR) is 59.7 cm³/mol. The average molecular weight is 213 g/mol. The van der Waals surface area contributed by atoms with Crippen molar-refractivity contribution in [1.29, 1.82) is 0 Å². The molecule has 0 aromatic carbocycles. The minimum atomic E-state index is 0.330. The second-order valence-electron chi connectivity index (χ2n) is 4.92. The summed E-state index contributed by atoms with van der Waals surface area (Å²) in [5, 5.41) is 0. The second kappa shape index (κ2) is 5.83. The quantitative estimate of drug-likeness (QED) is 0.773. The Bertz CT molecular complexity index is 174. The first-order valence-electron chi connectivity index (χ1n) is 6.29. The van der Waals surface area contributed by atoms with Crippen LogP contribution in [-0.2, 0) is 9.47 Å². The molecule has 0 aromatic rings. The van der Waals surface area contributed by atoms with Crippen LogP contribution in [0.15, 0.2) is 0 Å². The first kappa shape index (κ1) is 11.4. The standard InChI is InChI=1S/C12H23NO2/c13-11(9-12-2-1-5-15-12)8-10-3-6-14-7-4-10/h10-12H,1-9,13H2. The van der Waals surface area contributed by atoms with E-state index < -0.39 is 0 Å². The first-order chi connectivity index (χ1) is 7.34. The van der Waals surface area contributed by atoms with Gasteiger partial charge in [-0.25, -0.2) is 0 Å². The Morgan fingerprint density at radius 2 is 1.87 bits per heavy atom. The molecule has 88 valence electrons. The summed E-state index contributed by atoms with van der Waals surface area (Å²) in [6.45, 7) is 2.79. The fourth-order valence-corrected chi connectivity index (χ4v) is 2.67. The largest absolute Gasteiger partial charge is 0.381 e. The van der Waals surface area contributed by atoms with Gasteiger partial charge in [-0.05, 0) is 44.4 Å². The van der Waals surface area contributed by atoms with Crippen LogP contribution in [0.5, 0.6) is 0 Å². The average Bonchev–Trinajstić information content (AvgIpc) is 2.71. The van der Waals surface area contributed by atoms with Gasteiger partial charge in [-0.15, -0.1) is 0 Å². The number of hydrogen-bond acceptors (Lipinski definition) is 3. The second-order valence-corrected chi connectivity index (χ2v) is 4.92. The van der Waals surface area contributed by atoms with Gasteiger partial charge in [0.25, 0.3) is 0 Å². The molecular weight excluding hydrogens is 190 g/mol. The Morgan fingerprint density at radius 1 is 1.07 bits per heavy atom. The van der Waals surface area contributed by atoms with Gasteiger partial charge in [-0.3, -0.25) is 0 Å². The van der Waals surface area contributed by atoms with Crippen LogP contribution < -0.4 is 5.73 Å². The Hall–Kier alpha value is -0.120. The Balaban J connectivity index is 1.64. The Morgan fingerprint density at radius 3 is 2.53 bits per heavy atom. The van der Waals surface area contributed by atoms with E-state index in [1.165, 1.54) is 25.7 Å². The molecule has 2 atom stereocenters. The highest BCUT2D eigenvalue weighted by molar-refractivity contribution is 4.76. The van der Waals surface area contributed by atoms with Crippen LogP contribution in [0, 0.1) is 5.92 Å². The lowest BCUT2D eigenvalue weighted by Gasteiger charge is -2.25. The summed E-state index contributed by atoms with van der Waals surface area (Å²) in [5.41, 5.74) is 6.16. The summed E-state index contributed by atoms with van der Waals surface area (Å²) < 4.78 is 11.0. The third-order valence-electron chi connectivity index (χ3n) is 3.57. The summed E-state index contributed by atoms with van der Waals surface area (Å²) in [4.78, 5) is 0. The zero-order valence-corrected chi connectivity index (χ0v) is 9.49. The third-order valence-corrected chi connectivity index (χ3v) is 3.57. The minimum Gasteiger partial charge on any atom is -0.381 e. The molecule has 2 rings (SSSR count). The summed E-state index contributed by atoms with van der Waals surface area (Å²) in [6.07, 6.45) is 7.47. The molecular formula is C12H23NO2. The zero-order valence-electron chi connectivity index (χ0n) is 9.49. The van der Waals surface area contributed by atoms with E-state index in [-0.39, 0.29) is 0 Å². The van der Waals surface area contributed by atoms with E-state index in [9.17, 15) is 0 Å². The Kier molecular flexibility index (Phi) is 4.42. The van der Waals surface area contributed by atoms with Gasteiger partial charge in [0, 0.05) is 25.9 Å². The first-order valence-corrected chi connectivity index (χ1v) is 6.29. The highest BCUT2D eigenvalue weighted by Crippen LogP contribution is 2.23. The van der Waals surface area contributed by atoms with Crippen LogP contribution in [0.25, 0.3) is 0 Å². The van der Waals surface area contributed by atoms with Crippen molar-refractivity contribution in [2.45, 2.75) is 50.7 Å². The minimum absolute atomic E-state index is 0.330. The van der Waals surface area contributed by atoms with Crippen LogP contribution in [0.4, 0.5) is 0 Å². The maximum absolute atomic E-state index is 6.16. The fourth-order valence-electron chi connectivity index (χ4n) is 2.67. The number of rotatable bonds is 4. The normalized spacial score (nSPS) is 30.6. The highest BCUT2D eigenvalue weighted by Gasteiger charge is 2.22. The lowest BCUT2D eigenvalue weighted by atomic mass is 9.90. The lowest BCUT2D eigenvalue weighted by molar-refractivity contribution is 0.0566. The molecule has 0 amide bonds. The lowest BCUT2D eigenvalue weighted by Crippen LogP contribution is -2.30. The molecule has 3 heteroatoms. The molecule has 0 saturated carbocycles. The molecule has 2 aliphatic heterocycles. The van der Waals surface area contributed by atoms with Crippen molar-refractivity contribution in [3.63, 3.8) is 0 Å². The van der Waals surface area contributed by atoms with Crippen LogP contribution >= 0.6 is 0 Å². The predicted octanol–water partition coefficient (Wildman–Crippen LogP) is 1.70. The van der Waals surface area contributed by atoms with E-state index >= 15 is 0 Å². The maximum atomic E-state index is 6.16. The van der Waals surface area contributed by atoms with Gasteiger partial charge in [0.1, 0.15) is 0 Å². The molecule has 2 N–H and O–H groups in total. The van der Waals surface area contributed by atoms with Crippen molar-refractivity contribution < 1.29 is 9.47 Å². The van der Waals surface area contributed by atoms with Crippen LogP contribution in [0.3, 0.4) is 0 Å². The maximum Gasteiger partial charge on any atom is 0.0590 e. The van der Waals surface area contributed by atoms with Crippen molar-refractivity contribution in [1.82, 2.24) is 0 Å². The van der Waals surface area contributed by atoms with Crippen molar-refractivity contribution >= 4 is 0 Å². The Labute approximate surface area is 92.3 Å². The van der Waals surface area contributed by atoms with Crippen molar-refractivity contribution in [3.8, 4) is 0 Å². The molecule has 2 saturated heterocycles. The molecule has 2 heterocycles. The van der Waals surface area contributed by atoms with Gasteiger partial charge in [-0.2, -0.15) is 0 Å². The van der Waals surface area contributed by atoms with Gasteiger partial charge >= 0.3 is 0 Å². The van der Waals surface area contributed by atoms with Gasteiger partial charge in [0.05, 0.1) is 6.10 Å². The molecule has 0 radical (unpaired) electrons. The summed E-state index contributed by atoms with van der Waals surface area (Å²) in [5.74, 6) is 0.787. The van der Waals surface area contributed by atoms with E-state index in [1.54, 1.807) is 0 Å². The van der Waals surface area contributed by atoms with Gasteiger partial charge in [0.15, 0.2) is 0 Å². The number of ether oxygens (including phenoxy) is 2. The molecule has 15 heavy (non-hydrogen) atoms. The van der Waals surface area contributed by atoms with E-state index in [1.807, 2.05) is 0 Å². The highest BCUT2D eigenvalue weighted by atomic mass is 16.5. The number of hydrogen-bond donors (Lipinski definition) is 1. The summed E-state index contributed by atoms with van der Waals surface area (Å²) in [6, 6.07) is 0.330. The number of nitrogens with two attached hydrogens (primary N) is 1. The van der Waals surface area contributed by atoms with Gasteiger partial charge in [0.2, 0.25) is 0 Å².